The third-order valence-corrected chi connectivity index (χ3v) is 3.35. The molecule has 0 aliphatic heterocycles. The molecular weight excluding hydrogens is 240 g/mol. The third kappa shape index (κ3) is 4.56. The topological polar surface area (TPSA) is 50.4 Å². The van der Waals surface area contributed by atoms with Crippen LogP contribution < -0.4 is 10.6 Å². The molecule has 0 unspecified atom stereocenters. The third-order valence-electron chi connectivity index (χ3n) is 3.35. The Morgan fingerprint density at radius 2 is 2.11 bits per heavy atom. The lowest BCUT2D eigenvalue weighted by Crippen LogP contribution is -2.39. The number of carbonyl (C=O) groups is 1. The normalized spacial score (nSPS) is 15.8. The van der Waals surface area contributed by atoms with Crippen molar-refractivity contribution in [2.75, 3.05) is 20.3 Å². The number of carbonyl (C=O) groups excluding carboxylic acids is 1. The van der Waals surface area contributed by atoms with E-state index in [2.05, 4.69) is 22.8 Å². The van der Waals surface area contributed by atoms with Gasteiger partial charge in [-0.25, -0.2) is 4.79 Å². The van der Waals surface area contributed by atoms with Gasteiger partial charge in [-0.3, -0.25) is 0 Å². The van der Waals surface area contributed by atoms with Gasteiger partial charge in [0.2, 0.25) is 0 Å². The van der Waals surface area contributed by atoms with Gasteiger partial charge in [0, 0.05) is 20.3 Å². The molecule has 104 valence electrons. The molecule has 2 N–H and O–H groups in total. The van der Waals surface area contributed by atoms with Gasteiger partial charge in [-0.2, -0.15) is 0 Å². The highest BCUT2D eigenvalue weighted by molar-refractivity contribution is 5.74. The fraction of sp³-hybridized carbons (Fsp3) is 0.533. The van der Waals surface area contributed by atoms with Crippen LogP contribution in [0.1, 0.15) is 30.9 Å². The van der Waals surface area contributed by atoms with E-state index in [-0.39, 0.29) is 12.1 Å². The van der Waals surface area contributed by atoms with Crippen molar-refractivity contribution in [2.24, 2.45) is 5.92 Å². The highest BCUT2D eigenvalue weighted by atomic mass is 16.5. The van der Waals surface area contributed by atoms with Gasteiger partial charge in [-0.15, -0.1) is 0 Å². The Morgan fingerprint density at radius 3 is 2.74 bits per heavy atom. The van der Waals surface area contributed by atoms with Crippen LogP contribution in [0.5, 0.6) is 0 Å². The van der Waals surface area contributed by atoms with Gasteiger partial charge in [-0.05, 0) is 30.7 Å². The highest BCUT2D eigenvalue weighted by Crippen LogP contribution is 2.40. The molecule has 2 amide bonds. The summed E-state index contributed by atoms with van der Waals surface area (Å²) < 4.78 is 4.95. The molecule has 1 aromatic rings. The average Bonchev–Trinajstić information content (AvgIpc) is 3.26. The van der Waals surface area contributed by atoms with E-state index < -0.39 is 0 Å². The summed E-state index contributed by atoms with van der Waals surface area (Å²) in [4.78, 5) is 11.9. The summed E-state index contributed by atoms with van der Waals surface area (Å²) in [7, 11) is 1.67. The van der Waals surface area contributed by atoms with E-state index in [1.165, 1.54) is 18.4 Å². The molecule has 1 fully saturated rings. The van der Waals surface area contributed by atoms with Gasteiger partial charge in [0.25, 0.3) is 0 Å². The fourth-order valence-electron chi connectivity index (χ4n) is 2.17. The Morgan fingerprint density at radius 1 is 1.37 bits per heavy atom. The van der Waals surface area contributed by atoms with Crippen LogP contribution in [0.2, 0.25) is 0 Å². The first-order valence-electron chi connectivity index (χ1n) is 6.89. The molecule has 0 heterocycles. The second-order valence-electron chi connectivity index (χ2n) is 4.97. The average molecular weight is 262 g/mol. The van der Waals surface area contributed by atoms with Crippen LogP contribution in [0.3, 0.4) is 0 Å². The van der Waals surface area contributed by atoms with Crippen molar-refractivity contribution in [1.82, 2.24) is 10.6 Å². The van der Waals surface area contributed by atoms with E-state index in [1.807, 2.05) is 18.2 Å². The lowest BCUT2D eigenvalue weighted by molar-refractivity contribution is 0.193. The molecule has 0 bridgehead atoms. The summed E-state index contributed by atoms with van der Waals surface area (Å²) in [5, 5.41) is 5.95. The minimum Gasteiger partial charge on any atom is -0.385 e. The molecule has 0 spiro atoms. The van der Waals surface area contributed by atoms with Crippen LogP contribution in [-0.4, -0.2) is 26.3 Å². The maximum absolute atomic E-state index is 11.9. The standard InChI is InChI=1S/C15H22N2O2/c1-19-11-5-10-16-15(18)17-14(13-8-9-13)12-6-3-2-4-7-12/h2-4,6-7,13-14H,5,8-11H2,1H3,(H2,16,17,18)/t14-/m1/s1. The Labute approximate surface area is 114 Å². The molecule has 4 heteroatoms. The molecule has 0 radical (unpaired) electrons. The monoisotopic (exact) mass is 262 g/mol. The minimum absolute atomic E-state index is 0.0862. The molecule has 4 nitrogen and oxygen atoms in total. The van der Waals surface area contributed by atoms with Crippen molar-refractivity contribution in [1.29, 1.82) is 0 Å². The van der Waals surface area contributed by atoms with Gasteiger partial charge < -0.3 is 15.4 Å². The zero-order valence-corrected chi connectivity index (χ0v) is 11.4. The van der Waals surface area contributed by atoms with Crippen molar-refractivity contribution in [3.8, 4) is 0 Å². The molecule has 1 aliphatic carbocycles. The molecule has 2 rings (SSSR count). The van der Waals surface area contributed by atoms with E-state index in [0.29, 0.717) is 19.1 Å². The summed E-state index contributed by atoms with van der Waals surface area (Å²) in [6.45, 7) is 1.32. The van der Waals surface area contributed by atoms with Crippen molar-refractivity contribution in [3.63, 3.8) is 0 Å². The van der Waals surface area contributed by atoms with Crippen LogP contribution in [-0.2, 0) is 4.74 Å². The number of benzene rings is 1. The Kier molecular flexibility index (Phi) is 5.21. The van der Waals surface area contributed by atoms with Gasteiger partial charge in [0.15, 0.2) is 0 Å². The summed E-state index contributed by atoms with van der Waals surface area (Å²) in [6, 6.07) is 10.2. The van der Waals surface area contributed by atoms with Crippen molar-refractivity contribution >= 4 is 6.03 Å². The first-order valence-corrected chi connectivity index (χ1v) is 6.89. The van der Waals surface area contributed by atoms with Crippen LogP contribution in [0.25, 0.3) is 0 Å². The second-order valence-corrected chi connectivity index (χ2v) is 4.97. The van der Waals surface area contributed by atoms with Crippen molar-refractivity contribution in [3.05, 3.63) is 35.9 Å². The van der Waals surface area contributed by atoms with Crippen LogP contribution in [0.4, 0.5) is 4.79 Å². The van der Waals surface area contributed by atoms with Gasteiger partial charge in [-0.1, -0.05) is 30.3 Å². The van der Waals surface area contributed by atoms with Gasteiger partial charge in [0.05, 0.1) is 6.04 Å². The van der Waals surface area contributed by atoms with E-state index in [4.69, 9.17) is 4.74 Å². The fourth-order valence-corrected chi connectivity index (χ4v) is 2.17. The number of urea groups is 1. The molecule has 1 saturated carbocycles. The summed E-state index contributed by atoms with van der Waals surface area (Å²) in [5.41, 5.74) is 1.19. The predicted octanol–water partition coefficient (Wildman–Crippen LogP) is 2.47. The Hall–Kier alpha value is -1.55. The van der Waals surface area contributed by atoms with Crippen molar-refractivity contribution in [2.45, 2.75) is 25.3 Å². The molecule has 0 saturated heterocycles. The SMILES string of the molecule is COCCCNC(=O)N[C@H](c1ccccc1)C1CC1. The van der Waals surface area contributed by atoms with Gasteiger partial charge in [0.1, 0.15) is 0 Å². The number of rotatable bonds is 7. The number of ether oxygens (including phenoxy) is 1. The molecule has 19 heavy (non-hydrogen) atoms. The number of nitrogens with one attached hydrogen (secondary N) is 2. The maximum Gasteiger partial charge on any atom is 0.315 e. The first kappa shape index (κ1) is 13.9. The van der Waals surface area contributed by atoms with E-state index in [1.54, 1.807) is 7.11 Å². The lowest BCUT2D eigenvalue weighted by atomic mass is 10.0. The van der Waals surface area contributed by atoms with E-state index in [0.717, 1.165) is 6.42 Å². The summed E-state index contributed by atoms with van der Waals surface area (Å²) in [6.07, 6.45) is 3.23. The highest BCUT2D eigenvalue weighted by Gasteiger charge is 2.33. The Bertz CT molecular complexity index is 390. The molecule has 1 aromatic carbocycles. The minimum atomic E-state index is -0.0862. The zero-order chi connectivity index (χ0) is 13.5. The number of hydrogen-bond donors (Lipinski definition) is 2. The summed E-state index contributed by atoms with van der Waals surface area (Å²) in [5.74, 6) is 0.590. The Balaban J connectivity index is 1.82. The van der Waals surface area contributed by atoms with E-state index in [9.17, 15) is 4.79 Å². The van der Waals surface area contributed by atoms with Gasteiger partial charge >= 0.3 is 6.03 Å². The predicted molar refractivity (Wildman–Crippen MR) is 74.9 cm³/mol. The summed E-state index contributed by atoms with van der Waals surface area (Å²) >= 11 is 0. The quantitative estimate of drug-likeness (QED) is 0.742. The molecule has 1 atom stereocenters. The first-order chi connectivity index (χ1) is 9.31. The van der Waals surface area contributed by atoms with Crippen LogP contribution in [0.15, 0.2) is 30.3 Å². The van der Waals surface area contributed by atoms with Crippen molar-refractivity contribution < 1.29 is 9.53 Å². The number of methoxy groups -OCH3 is 1. The molecule has 1 aliphatic rings. The van der Waals surface area contributed by atoms with Crippen LogP contribution in [0, 0.1) is 5.92 Å². The molecule has 0 aromatic heterocycles. The molecular formula is C15H22N2O2. The largest absolute Gasteiger partial charge is 0.385 e. The van der Waals surface area contributed by atoms with E-state index >= 15 is 0 Å². The lowest BCUT2D eigenvalue weighted by Gasteiger charge is -2.19. The zero-order valence-electron chi connectivity index (χ0n) is 11.4. The number of amides is 2. The maximum atomic E-state index is 11.9. The number of hydrogen-bond acceptors (Lipinski definition) is 2. The second kappa shape index (κ2) is 7.14. The van der Waals surface area contributed by atoms with Crippen LogP contribution >= 0.6 is 0 Å². The smallest absolute Gasteiger partial charge is 0.315 e.